The van der Waals surface area contributed by atoms with E-state index in [9.17, 15) is 9.59 Å². The van der Waals surface area contributed by atoms with Crippen LogP contribution < -0.4 is 5.56 Å². The Labute approximate surface area is 87.3 Å². The number of nitrogens with zero attached hydrogens (tertiary/aromatic N) is 1. The summed E-state index contributed by atoms with van der Waals surface area (Å²) in [6.45, 7) is 1.93. The van der Waals surface area contributed by atoms with Gasteiger partial charge in [0, 0.05) is 6.20 Å². The minimum absolute atomic E-state index is 0. The summed E-state index contributed by atoms with van der Waals surface area (Å²) in [7, 11) is 0. The van der Waals surface area contributed by atoms with E-state index in [1.165, 1.54) is 12.3 Å². The SMILES string of the molecule is CCOC(=O)c1ccccnc1=O.Cl. The molecule has 1 rings (SSSR count). The van der Waals surface area contributed by atoms with Gasteiger partial charge in [-0.1, -0.05) is 6.07 Å². The molecule has 1 aromatic rings. The molecular formula is C9H10ClNO3. The zero-order chi connectivity index (χ0) is 9.68. The van der Waals surface area contributed by atoms with Gasteiger partial charge in [-0.3, -0.25) is 4.79 Å². The summed E-state index contributed by atoms with van der Waals surface area (Å²) in [5, 5.41) is 0. The summed E-state index contributed by atoms with van der Waals surface area (Å²) in [6, 6.07) is 4.54. The maximum atomic E-state index is 11.1. The minimum atomic E-state index is -0.629. The van der Waals surface area contributed by atoms with E-state index < -0.39 is 11.5 Å². The predicted molar refractivity (Wildman–Crippen MR) is 53.7 cm³/mol. The highest BCUT2D eigenvalue weighted by molar-refractivity contribution is 5.88. The van der Waals surface area contributed by atoms with Gasteiger partial charge in [0.1, 0.15) is 5.56 Å². The molecule has 76 valence electrons. The van der Waals surface area contributed by atoms with Crippen molar-refractivity contribution < 1.29 is 9.53 Å². The molecule has 1 heterocycles. The molecule has 0 unspecified atom stereocenters. The molecule has 0 amide bonds. The standard InChI is InChI=1S/C9H9NO3.ClH/c1-2-13-9(12)7-5-3-4-6-10-8(7)11;/h3-6H,2H2,1H3;1H. The summed E-state index contributed by atoms with van der Waals surface area (Å²) < 4.78 is 4.67. The fourth-order valence-corrected chi connectivity index (χ4v) is 0.817. The van der Waals surface area contributed by atoms with E-state index in [2.05, 4.69) is 9.72 Å². The van der Waals surface area contributed by atoms with Crippen LogP contribution in [0.15, 0.2) is 29.2 Å². The molecule has 0 aromatic carbocycles. The van der Waals surface area contributed by atoms with Gasteiger partial charge < -0.3 is 4.74 Å². The Morgan fingerprint density at radius 1 is 1.50 bits per heavy atom. The second-order valence-corrected chi connectivity index (χ2v) is 2.27. The first kappa shape index (κ1) is 12.6. The van der Waals surface area contributed by atoms with Gasteiger partial charge in [-0.15, -0.1) is 12.4 Å². The second-order valence-electron chi connectivity index (χ2n) is 2.27. The predicted octanol–water partition coefficient (Wildman–Crippen LogP) is 1.04. The molecule has 0 radical (unpaired) electrons. The summed E-state index contributed by atoms with van der Waals surface area (Å²) >= 11 is 0. The van der Waals surface area contributed by atoms with Gasteiger partial charge in [-0.05, 0) is 19.1 Å². The lowest BCUT2D eigenvalue weighted by Gasteiger charge is -1.96. The third-order valence-corrected chi connectivity index (χ3v) is 1.38. The van der Waals surface area contributed by atoms with Crippen LogP contribution in [0, 0.1) is 0 Å². The number of hydrogen-bond donors (Lipinski definition) is 0. The largest absolute Gasteiger partial charge is 0.462 e. The maximum Gasteiger partial charge on any atom is 0.343 e. The lowest BCUT2D eigenvalue weighted by atomic mass is 10.3. The number of esters is 1. The Kier molecular flexibility index (Phi) is 5.48. The van der Waals surface area contributed by atoms with E-state index in [1.807, 2.05) is 0 Å². The van der Waals surface area contributed by atoms with Crippen molar-refractivity contribution in [2.45, 2.75) is 6.92 Å². The molecule has 14 heavy (non-hydrogen) atoms. The van der Waals surface area contributed by atoms with Crippen LogP contribution in [0.4, 0.5) is 0 Å². The number of halogens is 1. The van der Waals surface area contributed by atoms with Crippen LogP contribution in [0.2, 0.25) is 0 Å². The molecule has 0 bridgehead atoms. The van der Waals surface area contributed by atoms with Crippen molar-refractivity contribution in [2.75, 3.05) is 6.61 Å². The average Bonchev–Trinajstić information content (AvgIpc) is 2.30. The Morgan fingerprint density at radius 2 is 2.21 bits per heavy atom. The van der Waals surface area contributed by atoms with Crippen molar-refractivity contribution in [3.63, 3.8) is 0 Å². The van der Waals surface area contributed by atoms with Crippen LogP contribution >= 0.6 is 12.4 Å². The molecular weight excluding hydrogens is 206 g/mol. The van der Waals surface area contributed by atoms with Crippen LogP contribution in [-0.4, -0.2) is 17.6 Å². The number of rotatable bonds is 2. The highest BCUT2D eigenvalue weighted by Crippen LogP contribution is 1.92. The van der Waals surface area contributed by atoms with Crippen LogP contribution in [0.3, 0.4) is 0 Å². The number of carbonyl (C=O) groups excluding carboxylic acids is 1. The monoisotopic (exact) mass is 215 g/mol. The first-order valence-corrected chi connectivity index (χ1v) is 3.88. The molecule has 0 aliphatic carbocycles. The van der Waals surface area contributed by atoms with Gasteiger partial charge in [0.25, 0.3) is 5.56 Å². The Bertz CT molecular complexity index is 367. The summed E-state index contributed by atoms with van der Waals surface area (Å²) in [5.74, 6) is -0.629. The average molecular weight is 216 g/mol. The van der Waals surface area contributed by atoms with Crippen LogP contribution in [0.5, 0.6) is 0 Å². The van der Waals surface area contributed by atoms with Gasteiger partial charge in [0.15, 0.2) is 0 Å². The topological polar surface area (TPSA) is 56.3 Å². The molecule has 5 heteroatoms. The fraction of sp³-hybridized carbons (Fsp3) is 0.222. The van der Waals surface area contributed by atoms with E-state index >= 15 is 0 Å². The van der Waals surface area contributed by atoms with Crippen LogP contribution in [-0.2, 0) is 4.74 Å². The van der Waals surface area contributed by atoms with E-state index in [0.29, 0.717) is 0 Å². The maximum absolute atomic E-state index is 11.1. The molecule has 1 aromatic heterocycles. The Hall–Kier alpha value is -1.42. The number of ether oxygens (including phenoxy) is 1. The minimum Gasteiger partial charge on any atom is -0.462 e. The zero-order valence-electron chi connectivity index (χ0n) is 7.60. The molecule has 0 spiro atoms. The van der Waals surface area contributed by atoms with Crippen LogP contribution in [0.25, 0.3) is 0 Å². The van der Waals surface area contributed by atoms with Crippen molar-refractivity contribution in [3.8, 4) is 0 Å². The lowest BCUT2D eigenvalue weighted by molar-refractivity contribution is 0.0524. The quantitative estimate of drug-likeness (QED) is 0.692. The summed E-state index contributed by atoms with van der Waals surface area (Å²) in [4.78, 5) is 25.8. The Morgan fingerprint density at radius 3 is 2.86 bits per heavy atom. The first-order valence-electron chi connectivity index (χ1n) is 3.88. The van der Waals surface area contributed by atoms with Crippen molar-refractivity contribution in [2.24, 2.45) is 0 Å². The highest BCUT2D eigenvalue weighted by atomic mass is 35.5. The third kappa shape index (κ3) is 3.14. The number of aromatic nitrogens is 1. The zero-order valence-corrected chi connectivity index (χ0v) is 8.41. The number of hydrogen-bond acceptors (Lipinski definition) is 4. The molecule has 0 saturated heterocycles. The van der Waals surface area contributed by atoms with Gasteiger partial charge in [-0.2, -0.15) is 0 Å². The van der Waals surface area contributed by atoms with E-state index in [0.717, 1.165) is 0 Å². The van der Waals surface area contributed by atoms with Crippen molar-refractivity contribution >= 4 is 18.4 Å². The van der Waals surface area contributed by atoms with Crippen molar-refractivity contribution in [1.29, 1.82) is 0 Å². The second kappa shape index (κ2) is 6.10. The summed E-state index contributed by atoms with van der Waals surface area (Å²) in [5.41, 5.74) is -0.602. The van der Waals surface area contributed by atoms with Gasteiger partial charge in [-0.25, -0.2) is 9.78 Å². The van der Waals surface area contributed by atoms with Crippen molar-refractivity contribution in [3.05, 3.63) is 40.3 Å². The van der Waals surface area contributed by atoms with E-state index in [-0.39, 0.29) is 24.6 Å². The lowest BCUT2D eigenvalue weighted by Crippen LogP contribution is -2.16. The van der Waals surface area contributed by atoms with Gasteiger partial charge in [0.05, 0.1) is 6.61 Å². The molecule has 0 atom stereocenters. The fourth-order valence-electron chi connectivity index (χ4n) is 0.817. The molecule has 0 aliphatic heterocycles. The third-order valence-electron chi connectivity index (χ3n) is 1.38. The summed E-state index contributed by atoms with van der Waals surface area (Å²) in [6.07, 6.45) is 1.34. The van der Waals surface area contributed by atoms with Gasteiger partial charge in [0.2, 0.25) is 0 Å². The van der Waals surface area contributed by atoms with E-state index in [1.54, 1.807) is 19.1 Å². The Balaban J connectivity index is 0.00000169. The smallest absolute Gasteiger partial charge is 0.343 e. The van der Waals surface area contributed by atoms with Crippen molar-refractivity contribution in [1.82, 2.24) is 4.98 Å². The van der Waals surface area contributed by atoms with Gasteiger partial charge >= 0.3 is 5.97 Å². The van der Waals surface area contributed by atoms with E-state index in [4.69, 9.17) is 0 Å². The number of carbonyl (C=O) groups is 1. The molecule has 4 nitrogen and oxygen atoms in total. The normalized spacial score (nSPS) is 8.64. The molecule has 0 fully saturated rings. The van der Waals surface area contributed by atoms with Crippen LogP contribution in [0.1, 0.15) is 17.3 Å². The molecule has 0 aliphatic rings. The molecule has 0 saturated carbocycles. The first-order chi connectivity index (χ1) is 6.25. The molecule has 0 N–H and O–H groups in total. The highest BCUT2D eigenvalue weighted by Gasteiger charge is 2.09.